The summed E-state index contributed by atoms with van der Waals surface area (Å²) in [6.07, 6.45) is -0.112. The van der Waals surface area contributed by atoms with Crippen molar-refractivity contribution in [1.82, 2.24) is 20.4 Å². The molecule has 1 unspecified atom stereocenters. The second-order valence-corrected chi connectivity index (χ2v) is 4.04. The lowest BCUT2D eigenvalue weighted by Gasteiger charge is -2.18. The third-order valence-electron chi connectivity index (χ3n) is 2.52. The van der Waals surface area contributed by atoms with Gasteiger partial charge >= 0.3 is 12.2 Å². The number of rotatable bonds is 5. The maximum atomic E-state index is 11.7. The van der Waals surface area contributed by atoms with Gasteiger partial charge in [0.1, 0.15) is 6.61 Å². The quantitative estimate of drug-likeness (QED) is 0.724. The lowest BCUT2D eigenvalue weighted by molar-refractivity contribution is 0.124. The Kier molecular flexibility index (Phi) is 4.75. The number of nitrogens with one attached hydrogen (secondary N) is 2. The van der Waals surface area contributed by atoms with Crippen molar-refractivity contribution in [3.63, 3.8) is 0 Å². The van der Waals surface area contributed by atoms with Crippen LogP contribution in [-0.4, -0.2) is 27.1 Å². The normalized spacial score (nSPS) is 11.4. The smallest absolute Gasteiger partial charge is 0.410 e. The zero-order chi connectivity index (χ0) is 15.1. The molecule has 0 aliphatic rings. The third kappa shape index (κ3) is 4.53. The topological polar surface area (TPSA) is 105 Å². The zero-order valence-electron chi connectivity index (χ0n) is 11.0. The molecule has 1 heterocycles. The highest BCUT2D eigenvalue weighted by molar-refractivity contribution is 5.69. The van der Waals surface area contributed by atoms with Crippen molar-refractivity contribution in [2.45, 2.75) is 12.9 Å². The Morgan fingerprint density at radius 3 is 2.62 bits per heavy atom. The van der Waals surface area contributed by atoms with Crippen molar-refractivity contribution in [2.24, 2.45) is 0 Å². The molecule has 0 spiro atoms. The fraction of sp³-hybridized carbons (Fsp3) is 0.154. The summed E-state index contributed by atoms with van der Waals surface area (Å²) < 4.78 is 6.26. The maximum Gasteiger partial charge on any atom is 0.410 e. The Morgan fingerprint density at radius 1 is 1.24 bits per heavy atom. The molecule has 1 atom stereocenters. The molecule has 0 saturated carbocycles. The molecule has 110 valence electrons. The van der Waals surface area contributed by atoms with Crippen LogP contribution in [0.2, 0.25) is 0 Å². The number of alkyl carbamates (subject to hydrolysis) is 1. The number of nitrogens with zero attached hydrogens (tertiary/aromatic N) is 2. The second-order valence-electron chi connectivity index (χ2n) is 4.04. The van der Waals surface area contributed by atoms with E-state index >= 15 is 0 Å². The van der Waals surface area contributed by atoms with Gasteiger partial charge in [-0.05, 0) is 11.6 Å². The number of aromatic nitrogens is 2. The second kappa shape index (κ2) is 6.94. The number of hydrogen-bond acceptors (Lipinski definition) is 4. The van der Waals surface area contributed by atoms with E-state index < -0.39 is 18.5 Å². The van der Waals surface area contributed by atoms with E-state index in [1.54, 1.807) is 6.07 Å². The lowest BCUT2D eigenvalue weighted by Crippen LogP contribution is -2.44. The van der Waals surface area contributed by atoms with Crippen LogP contribution in [0.25, 0.3) is 0 Å². The monoisotopic (exact) mass is 290 g/mol. The van der Waals surface area contributed by atoms with Gasteiger partial charge in [-0.2, -0.15) is 5.10 Å². The molecule has 0 aliphatic heterocycles. The molecule has 3 N–H and O–H groups in total. The molecule has 0 aliphatic carbocycles. The highest BCUT2D eigenvalue weighted by Gasteiger charge is 2.17. The largest absolute Gasteiger partial charge is 0.465 e. The molecule has 8 heteroatoms. The molecule has 8 nitrogen and oxygen atoms in total. The summed E-state index contributed by atoms with van der Waals surface area (Å²) in [5.41, 5.74) is 0.828. The van der Waals surface area contributed by atoms with Crippen LogP contribution in [0.3, 0.4) is 0 Å². The molecule has 1 aromatic carbocycles. The SMILES string of the molecule is O=C(O)NC(NC(=O)OCc1ccccc1)n1cccn1. The fourth-order valence-electron chi connectivity index (χ4n) is 1.60. The highest BCUT2D eigenvalue weighted by atomic mass is 16.5. The molecule has 2 aromatic rings. The van der Waals surface area contributed by atoms with Crippen molar-refractivity contribution in [3.8, 4) is 0 Å². The Labute approximate surface area is 120 Å². The van der Waals surface area contributed by atoms with Crippen LogP contribution in [0.15, 0.2) is 48.8 Å². The van der Waals surface area contributed by atoms with Gasteiger partial charge in [0.2, 0.25) is 6.29 Å². The lowest BCUT2D eigenvalue weighted by atomic mass is 10.2. The summed E-state index contributed by atoms with van der Waals surface area (Å²) in [7, 11) is 0. The first-order valence-corrected chi connectivity index (χ1v) is 6.11. The summed E-state index contributed by atoms with van der Waals surface area (Å²) >= 11 is 0. The third-order valence-corrected chi connectivity index (χ3v) is 2.52. The molecule has 0 radical (unpaired) electrons. The average molecular weight is 290 g/mol. The number of amides is 2. The van der Waals surface area contributed by atoms with Gasteiger partial charge in [-0.3, -0.25) is 10.6 Å². The van der Waals surface area contributed by atoms with Gasteiger partial charge in [0.25, 0.3) is 0 Å². The minimum absolute atomic E-state index is 0.0889. The predicted octanol–water partition coefficient (Wildman–Crippen LogP) is 1.53. The standard InChI is InChI=1S/C13H14N4O4/c18-12(19)15-11(17-8-4-7-14-17)16-13(20)21-9-10-5-2-1-3-6-10/h1-8,11,15H,9H2,(H,16,20)(H,18,19). The molecular weight excluding hydrogens is 276 g/mol. The van der Waals surface area contributed by atoms with E-state index in [9.17, 15) is 9.59 Å². The first-order chi connectivity index (χ1) is 10.1. The Balaban J connectivity index is 1.90. The molecule has 1 aromatic heterocycles. The van der Waals surface area contributed by atoms with Gasteiger partial charge in [0.05, 0.1) is 0 Å². The molecule has 0 bridgehead atoms. The first kappa shape index (κ1) is 14.4. The number of ether oxygens (including phenoxy) is 1. The van der Waals surface area contributed by atoms with Crippen LogP contribution in [0.5, 0.6) is 0 Å². The Hall–Kier alpha value is -3.03. The first-order valence-electron chi connectivity index (χ1n) is 6.11. The van der Waals surface area contributed by atoms with E-state index in [4.69, 9.17) is 9.84 Å². The molecule has 0 fully saturated rings. The average Bonchev–Trinajstić information content (AvgIpc) is 2.99. The zero-order valence-corrected chi connectivity index (χ0v) is 11.0. The van der Waals surface area contributed by atoms with Crippen LogP contribution < -0.4 is 10.6 Å². The number of carboxylic acid groups (broad SMARTS) is 1. The summed E-state index contributed by atoms with van der Waals surface area (Å²) in [5.74, 6) is 0. The van der Waals surface area contributed by atoms with Gasteiger partial charge in [-0.15, -0.1) is 0 Å². The molecule has 2 rings (SSSR count). The molecular formula is C13H14N4O4. The van der Waals surface area contributed by atoms with Gasteiger partial charge in [0, 0.05) is 12.4 Å². The fourth-order valence-corrected chi connectivity index (χ4v) is 1.60. The van der Waals surface area contributed by atoms with E-state index in [0.29, 0.717) is 0 Å². The van der Waals surface area contributed by atoms with Crippen LogP contribution >= 0.6 is 0 Å². The van der Waals surface area contributed by atoms with Crippen molar-refractivity contribution in [2.75, 3.05) is 0 Å². The molecule has 0 saturated heterocycles. The van der Waals surface area contributed by atoms with Crippen molar-refractivity contribution < 1.29 is 19.4 Å². The van der Waals surface area contributed by atoms with Crippen LogP contribution in [-0.2, 0) is 11.3 Å². The van der Waals surface area contributed by atoms with Gasteiger partial charge < -0.3 is 9.84 Å². The van der Waals surface area contributed by atoms with E-state index in [0.717, 1.165) is 5.56 Å². The van der Waals surface area contributed by atoms with Crippen LogP contribution in [0.4, 0.5) is 9.59 Å². The van der Waals surface area contributed by atoms with E-state index in [-0.39, 0.29) is 6.61 Å². The van der Waals surface area contributed by atoms with Gasteiger partial charge in [-0.1, -0.05) is 30.3 Å². The predicted molar refractivity (Wildman–Crippen MR) is 72.2 cm³/mol. The Bertz CT molecular complexity index is 585. The maximum absolute atomic E-state index is 11.7. The van der Waals surface area contributed by atoms with E-state index in [1.807, 2.05) is 30.3 Å². The number of hydrogen-bond donors (Lipinski definition) is 3. The van der Waals surface area contributed by atoms with Crippen molar-refractivity contribution in [3.05, 3.63) is 54.4 Å². The van der Waals surface area contributed by atoms with Gasteiger partial charge in [0.15, 0.2) is 0 Å². The number of benzene rings is 1. The van der Waals surface area contributed by atoms with Crippen molar-refractivity contribution in [1.29, 1.82) is 0 Å². The summed E-state index contributed by atoms with van der Waals surface area (Å²) in [5, 5.41) is 17.1. The molecule has 2 amide bonds. The van der Waals surface area contributed by atoms with E-state index in [1.165, 1.54) is 17.1 Å². The van der Waals surface area contributed by atoms with E-state index in [2.05, 4.69) is 15.7 Å². The summed E-state index contributed by atoms with van der Waals surface area (Å²) in [4.78, 5) is 22.4. The van der Waals surface area contributed by atoms with Crippen LogP contribution in [0, 0.1) is 0 Å². The highest BCUT2D eigenvalue weighted by Crippen LogP contribution is 2.02. The van der Waals surface area contributed by atoms with Gasteiger partial charge in [-0.25, -0.2) is 14.3 Å². The number of carbonyl (C=O) groups is 2. The number of carbonyl (C=O) groups excluding carboxylic acids is 1. The van der Waals surface area contributed by atoms with Crippen molar-refractivity contribution >= 4 is 12.2 Å². The summed E-state index contributed by atoms with van der Waals surface area (Å²) in [6, 6.07) is 10.7. The van der Waals surface area contributed by atoms with Crippen LogP contribution in [0.1, 0.15) is 11.9 Å². The molecule has 21 heavy (non-hydrogen) atoms. The minimum Gasteiger partial charge on any atom is -0.465 e. The minimum atomic E-state index is -1.29. The summed E-state index contributed by atoms with van der Waals surface area (Å²) in [6.45, 7) is 0.0889. The Morgan fingerprint density at radius 2 is 2.00 bits per heavy atom.